The van der Waals surface area contributed by atoms with E-state index in [4.69, 9.17) is 9.84 Å². The van der Waals surface area contributed by atoms with E-state index in [1.807, 2.05) is 0 Å². The first-order chi connectivity index (χ1) is 6.77. The Hall–Kier alpha value is -0.570. The van der Waals surface area contributed by atoms with E-state index >= 15 is 0 Å². The molecule has 0 saturated carbocycles. The number of carbonyl (C=O) groups is 1. The van der Waals surface area contributed by atoms with Crippen LogP contribution in [0.5, 0.6) is 0 Å². The lowest BCUT2D eigenvalue weighted by atomic mass is 10.2. The molecule has 0 fully saturated rings. The molecule has 0 spiro atoms. The molecule has 0 aromatic rings. The molecular weight excluding hydrogens is 180 g/mol. The highest BCUT2D eigenvalue weighted by Crippen LogP contribution is 2.00. The topological polar surface area (TPSA) is 46.5 Å². The van der Waals surface area contributed by atoms with E-state index < -0.39 is 5.97 Å². The summed E-state index contributed by atoms with van der Waals surface area (Å²) in [5, 5.41) is 8.37. The summed E-state index contributed by atoms with van der Waals surface area (Å²) in [5.74, 6) is -0.715. The molecule has 0 aromatic carbocycles. The zero-order valence-electron chi connectivity index (χ0n) is 9.13. The number of unbranched alkanes of at least 4 members (excludes halogenated alkanes) is 4. The van der Waals surface area contributed by atoms with Crippen molar-refractivity contribution in [2.24, 2.45) is 0 Å². The van der Waals surface area contributed by atoms with Crippen LogP contribution in [0, 0.1) is 0 Å². The SMILES string of the molecule is CCCCCCOCCCCC(=O)O. The highest BCUT2D eigenvalue weighted by molar-refractivity contribution is 5.66. The summed E-state index contributed by atoms with van der Waals surface area (Å²) >= 11 is 0. The van der Waals surface area contributed by atoms with Gasteiger partial charge in [-0.3, -0.25) is 4.79 Å². The Labute approximate surface area is 86.5 Å². The maximum atomic E-state index is 10.2. The molecule has 0 unspecified atom stereocenters. The van der Waals surface area contributed by atoms with E-state index in [1.165, 1.54) is 19.3 Å². The van der Waals surface area contributed by atoms with Crippen molar-refractivity contribution in [3.63, 3.8) is 0 Å². The number of carboxylic acids is 1. The van der Waals surface area contributed by atoms with Crippen molar-refractivity contribution < 1.29 is 14.6 Å². The van der Waals surface area contributed by atoms with E-state index in [2.05, 4.69) is 6.92 Å². The zero-order chi connectivity index (χ0) is 10.6. The molecule has 14 heavy (non-hydrogen) atoms. The van der Waals surface area contributed by atoms with Gasteiger partial charge in [0, 0.05) is 19.6 Å². The maximum Gasteiger partial charge on any atom is 0.303 e. The Kier molecular flexibility index (Phi) is 10.1. The molecule has 3 nitrogen and oxygen atoms in total. The van der Waals surface area contributed by atoms with Crippen molar-refractivity contribution in [1.82, 2.24) is 0 Å². The third-order valence-electron chi connectivity index (χ3n) is 2.07. The fourth-order valence-corrected chi connectivity index (χ4v) is 1.21. The number of aliphatic carboxylic acids is 1. The van der Waals surface area contributed by atoms with Gasteiger partial charge in [0.2, 0.25) is 0 Å². The van der Waals surface area contributed by atoms with Crippen molar-refractivity contribution in [2.75, 3.05) is 13.2 Å². The predicted octanol–water partition coefficient (Wildman–Crippen LogP) is 2.84. The second-order valence-electron chi connectivity index (χ2n) is 3.52. The zero-order valence-corrected chi connectivity index (χ0v) is 9.13. The van der Waals surface area contributed by atoms with Crippen molar-refractivity contribution in [3.8, 4) is 0 Å². The normalized spacial score (nSPS) is 10.4. The first-order valence-corrected chi connectivity index (χ1v) is 5.57. The molecule has 0 aliphatic carbocycles. The van der Waals surface area contributed by atoms with E-state index in [-0.39, 0.29) is 6.42 Å². The van der Waals surface area contributed by atoms with E-state index in [1.54, 1.807) is 0 Å². The Balaban J connectivity index is 2.88. The van der Waals surface area contributed by atoms with Crippen LogP contribution >= 0.6 is 0 Å². The second kappa shape index (κ2) is 10.5. The highest BCUT2D eigenvalue weighted by atomic mass is 16.5. The average molecular weight is 202 g/mol. The van der Waals surface area contributed by atoms with Crippen molar-refractivity contribution in [1.29, 1.82) is 0 Å². The number of hydrogen-bond acceptors (Lipinski definition) is 2. The molecule has 0 saturated heterocycles. The van der Waals surface area contributed by atoms with Gasteiger partial charge in [-0.1, -0.05) is 26.2 Å². The van der Waals surface area contributed by atoms with Gasteiger partial charge < -0.3 is 9.84 Å². The molecule has 0 aliphatic rings. The van der Waals surface area contributed by atoms with Crippen LogP contribution in [0.15, 0.2) is 0 Å². The molecule has 0 aromatic heterocycles. The van der Waals surface area contributed by atoms with E-state index in [0.29, 0.717) is 6.61 Å². The number of hydrogen-bond donors (Lipinski definition) is 1. The minimum atomic E-state index is -0.715. The largest absolute Gasteiger partial charge is 0.481 e. The van der Waals surface area contributed by atoms with Crippen LogP contribution < -0.4 is 0 Å². The van der Waals surface area contributed by atoms with Gasteiger partial charge in [-0.15, -0.1) is 0 Å². The van der Waals surface area contributed by atoms with Gasteiger partial charge in [0.25, 0.3) is 0 Å². The van der Waals surface area contributed by atoms with Crippen LogP contribution in [-0.4, -0.2) is 24.3 Å². The lowest BCUT2D eigenvalue weighted by Crippen LogP contribution is -1.99. The smallest absolute Gasteiger partial charge is 0.303 e. The summed E-state index contributed by atoms with van der Waals surface area (Å²) in [5.41, 5.74) is 0. The molecule has 84 valence electrons. The fraction of sp³-hybridized carbons (Fsp3) is 0.909. The molecule has 0 rings (SSSR count). The fourth-order valence-electron chi connectivity index (χ4n) is 1.21. The molecule has 0 atom stereocenters. The van der Waals surface area contributed by atoms with Gasteiger partial charge in [0.1, 0.15) is 0 Å². The minimum absolute atomic E-state index is 0.263. The Morgan fingerprint density at radius 3 is 2.29 bits per heavy atom. The van der Waals surface area contributed by atoms with E-state index in [9.17, 15) is 4.79 Å². The maximum absolute atomic E-state index is 10.2. The standard InChI is InChI=1S/C11H22O3/c1-2-3-4-6-9-14-10-7-5-8-11(12)13/h2-10H2,1H3,(H,12,13). The van der Waals surface area contributed by atoms with Crippen LogP contribution in [0.4, 0.5) is 0 Å². The lowest BCUT2D eigenvalue weighted by molar-refractivity contribution is -0.137. The first-order valence-electron chi connectivity index (χ1n) is 5.57. The van der Waals surface area contributed by atoms with Gasteiger partial charge in [0.15, 0.2) is 0 Å². The lowest BCUT2D eigenvalue weighted by Gasteiger charge is -2.02. The van der Waals surface area contributed by atoms with Crippen molar-refractivity contribution in [2.45, 2.75) is 51.9 Å². The third-order valence-corrected chi connectivity index (χ3v) is 2.07. The van der Waals surface area contributed by atoms with Crippen LogP contribution in [-0.2, 0) is 9.53 Å². The van der Waals surface area contributed by atoms with Crippen LogP contribution in [0.25, 0.3) is 0 Å². The van der Waals surface area contributed by atoms with Crippen molar-refractivity contribution >= 4 is 5.97 Å². The molecule has 0 heterocycles. The Morgan fingerprint density at radius 2 is 1.71 bits per heavy atom. The average Bonchev–Trinajstić information content (AvgIpc) is 2.15. The van der Waals surface area contributed by atoms with Gasteiger partial charge in [-0.25, -0.2) is 0 Å². The van der Waals surface area contributed by atoms with Crippen LogP contribution in [0.1, 0.15) is 51.9 Å². The van der Waals surface area contributed by atoms with Crippen LogP contribution in [0.3, 0.4) is 0 Å². The first kappa shape index (κ1) is 13.4. The van der Waals surface area contributed by atoms with Crippen molar-refractivity contribution in [3.05, 3.63) is 0 Å². The summed E-state index contributed by atoms with van der Waals surface area (Å²) in [6.07, 6.45) is 6.75. The monoisotopic (exact) mass is 202 g/mol. The van der Waals surface area contributed by atoms with Gasteiger partial charge in [-0.2, -0.15) is 0 Å². The van der Waals surface area contributed by atoms with Crippen LogP contribution in [0.2, 0.25) is 0 Å². The molecule has 0 bridgehead atoms. The summed E-state index contributed by atoms with van der Waals surface area (Å²) in [6, 6.07) is 0. The Bertz CT molecular complexity index is 134. The highest BCUT2D eigenvalue weighted by Gasteiger charge is 1.96. The van der Waals surface area contributed by atoms with Gasteiger partial charge >= 0.3 is 5.97 Å². The molecule has 0 aliphatic heterocycles. The third kappa shape index (κ3) is 11.4. The number of carboxylic acid groups (broad SMARTS) is 1. The minimum Gasteiger partial charge on any atom is -0.481 e. The molecule has 1 N–H and O–H groups in total. The summed E-state index contributed by atoms with van der Waals surface area (Å²) < 4.78 is 5.37. The van der Waals surface area contributed by atoms with E-state index in [0.717, 1.165) is 25.9 Å². The number of rotatable bonds is 10. The predicted molar refractivity (Wildman–Crippen MR) is 56.4 cm³/mol. The summed E-state index contributed by atoms with van der Waals surface area (Å²) in [4.78, 5) is 10.2. The molecule has 3 heteroatoms. The second-order valence-corrected chi connectivity index (χ2v) is 3.52. The van der Waals surface area contributed by atoms with Gasteiger partial charge in [-0.05, 0) is 19.3 Å². The molecular formula is C11H22O3. The summed E-state index contributed by atoms with van der Waals surface area (Å²) in [7, 11) is 0. The quantitative estimate of drug-likeness (QED) is 0.554. The number of ether oxygens (including phenoxy) is 1. The molecule has 0 amide bonds. The molecule has 0 radical (unpaired) electrons. The Morgan fingerprint density at radius 1 is 1.07 bits per heavy atom. The summed E-state index contributed by atoms with van der Waals surface area (Å²) in [6.45, 7) is 3.72. The van der Waals surface area contributed by atoms with Gasteiger partial charge in [0.05, 0.1) is 0 Å².